The lowest BCUT2D eigenvalue weighted by molar-refractivity contribution is 0.103. The molecule has 4 nitrogen and oxygen atoms in total. The van der Waals surface area contributed by atoms with Crippen LogP contribution in [0.3, 0.4) is 0 Å². The number of hydrogen-bond acceptors (Lipinski definition) is 3. The molecule has 2 aromatic carbocycles. The second-order valence-corrected chi connectivity index (χ2v) is 5.63. The minimum absolute atomic E-state index is 0.105. The third-order valence-corrected chi connectivity index (χ3v) is 4.10. The number of benzene rings is 2. The van der Waals surface area contributed by atoms with Crippen molar-refractivity contribution in [3.8, 4) is 11.9 Å². The van der Waals surface area contributed by atoms with Crippen LogP contribution in [0, 0.1) is 11.3 Å². The lowest BCUT2D eigenvalue weighted by atomic mass is 10.1. The number of ketones is 1. The molecule has 25 heavy (non-hydrogen) atoms. The van der Waals surface area contributed by atoms with Crippen molar-refractivity contribution in [3.05, 3.63) is 95.8 Å². The molecule has 0 unspecified atom stereocenters. The van der Waals surface area contributed by atoms with Crippen LogP contribution in [-0.2, 0) is 0 Å². The molecule has 2 aromatic heterocycles. The number of aromatic nitrogens is 2. The molecule has 0 aliphatic heterocycles. The van der Waals surface area contributed by atoms with E-state index in [-0.39, 0.29) is 5.78 Å². The number of para-hydroxylation sites is 1. The van der Waals surface area contributed by atoms with Crippen molar-refractivity contribution in [2.75, 3.05) is 0 Å². The standard InChI is InChI=1S/C21H13N3O/c22-14-15-8-10-16(11-9-15)21(25)19-13-17-5-1-2-6-18(17)24(19)20-7-3-4-12-23-20/h1-13H. The van der Waals surface area contributed by atoms with Crippen molar-refractivity contribution in [2.24, 2.45) is 0 Å². The van der Waals surface area contributed by atoms with Crippen molar-refractivity contribution in [1.82, 2.24) is 9.55 Å². The van der Waals surface area contributed by atoms with E-state index in [0.29, 0.717) is 22.6 Å². The number of rotatable bonds is 3. The Labute approximate surface area is 144 Å². The van der Waals surface area contributed by atoms with E-state index < -0.39 is 0 Å². The van der Waals surface area contributed by atoms with Gasteiger partial charge >= 0.3 is 0 Å². The van der Waals surface area contributed by atoms with E-state index >= 15 is 0 Å². The first-order valence-electron chi connectivity index (χ1n) is 7.85. The van der Waals surface area contributed by atoms with Crippen LogP contribution in [0.25, 0.3) is 16.7 Å². The smallest absolute Gasteiger partial charge is 0.209 e. The number of hydrogen-bond donors (Lipinski definition) is 0. The Morgan fingerprint density at radius 3 is 2.44 bits per heavy atom. The van der Waals surface area contributed by atoms with Gasteiger partial charge in [-0.05, 0) is 48.5 Å². The molecule has 0 aliphatic rings. The molecule has 0 saturated carbocycles. The molecule has 0 amide bonds. The zero-order valence-corrected chi connectivity index (χ0v) is 13.3. The van der Waals surface area contributed by atoms with Gasteiger partial charge in [-0.1, -0.05) is 24.3 Å². The fourth-order valence-corrected chi connectivity index (χ4v) is 2.90. The second-order valence-electron chi connectivity index (χ2n) is 5.63. The Morgan fingerprint density at radius 1 is 0.960 bits per heavy atom. The molecule has 4 heteroatoms. The third-order valence-electron chi connectivity index (χ3n) is 4.10. The molecule has 0 spiro atoms. The Hall–Kier alpha value is -3.71. The predicted octanol–water partition coefficient (Wildman–Crippen LogP) is 4.13. The predicted molar refractivity (Wildman–Crippen MR) is 95.7 cm³/mol. The molecular formula is C21H13N3O. The third kappa shape index (κ3) is 2.58. The molecule has 0 atom stereocenters. The Morgan fingerprint density at radius 2 is 1.72 bits per heavy atom. The summed E-state index contributed by atoms with van der Waals surface area (Å²) in [6, 6.07) is 24.1. The monoisotopic (exact) mass is 323 g/mol. The van der Waals surface area contributed by atoms with E-state index in [2.05, 4.69) is 11.1 Å². The first-order chi connectivity index (χ1) is 12.3. The highest BCUT2D eigenvalue weighted by molar-refractivity contribution is 6.11. The number of carbonyl (C=O) groups is 1. The zero-order valence-electron chi connectivity index (χ0n) is 13.3. The average molecular weight is 323 g/mol. The summed E-state index contributed by atoms with van der Waals surface area (Å²) >= 11 is 0. The minimum Gasteiger partial charge on any atom is -0.290 e. The van der Waals surface area contributed by atoms with Gasteiger partial charge in [0, 0.05) is 17.1 Å². The Balaban J connectivity index is 1.92. The topological polar surface area (TPSA) is 58.7 Å². The van der Waals surface area contributed by atoms with E-state index in [1.54, 1.807) is 30.5 Å². The number of nitriles is 1. The zero-order chi connectivity index (χ0) is 17.2. The molecule has 0 fully saturated rings. The van der Waals surface area contributed by atoms with Crippen molar-refractivity contribution in [1.29, 1.82) is 5.26 Å². The highest BCUT2D eigenvalue weighted by Gasteiger charge is 2.18. The van der Waals surface area contributed by atoms with Crippen molar-refractivity contribution < 1.29 is 4.79 Å². The van der Waals surface area contributed by atoms with Crippen molar-refractivity contribution in [3.63, 3.8) is 0 Å². The van der Waals surface area contributed by atoms with Crippen LogP contribution in [0.1, 0.15) is 21.6 Å². The van der Waals surface area contributed by atoms with Gasteiger partial charge < -0.3 is 0 Å². The molecule has 0 aliphatic carbocycles. The second kappa shape index (κ2) is 6.06. The summed E-state index contributed by atoms with van der Waals surface area (Å²) in [6.45, 7) is 0. The highest BCUT2D eigenvalue weighted by Crippen LogP contribution is 2.25. The minimum atomic E-state index is -0.105. The maximum atomic E-state index is 13.1. The van der Waals surface area contributed by atoms with Gasteiger partial charge in [0.15, 0.2) is 0 Å². The molecule has 0 radical (unpaired) electrons. The molecule has 2 heterocycles. The molecule has 0 saturated heterocycles. The van der Waals surface area contributed by atoms with Gasteiger partial charge in [0.2, 0.25) is 5.78 Å². The summed E-state index contributed by atoms with van der Waals surface area (Å²) in [5.74, 6) is 0.590. The first kappa shape index (κ1) is 14.9. The molecular weight excluding hydrogens is 310 g/mol. The molecule has 4 rings (SSSR count). The summed E-state index contributed by atoms with van der Waals surface area (Å²) in [7, 11) is 0. The van der Waals surface area contributed by atoms with Gasteiger partial charge in [-0.15, -0.1) is 0 Å². The van der Waals surface area contributed by atoms with Crippen LogP contribution in [0.5, 0.6) is 0 Å². The van der Waals surface area contributed by atoms with Crippen LogP contribution in [0.4, 0.5) is 0 Å². The largest absolute Gasteiger partial charge is 0.290 e. The Bertz CT molecular complexity index is 1100. The van der Waals surface area contributed by atoms with Crippen LogP contribution in [0.2, 0.25) is 0 Å². The number of nitrogens with zero attached hydrogens (tertiary/aromatic N) is 3. The quantitative estimate of drug-likeness (QED) is 0.533. The highest BCUT2D eigenvalue weighted by atomic mass is 16.1. The Kier molecular flexibility index (Phi) is 3.60. The van der Waals surface area contributed by atoms with Crippen LogP contribution in [-0.4, -0.2) is 15.3 Å². The number of carbonyl (C=O) groups excluding carboxylic acids is 1. The summed E-state index contributed by atoms with van der Waals surface area (Å²) in [6.07, 6.45) is 1.71. The fraction of sp³-hybridized carbons (Fsp3) is 0. The van der Waals surface area contributed by atoms with Gasteiger partial charge in [0.25, 0.3) is 0 Å². The van der Waals surface area contributed by atoms with E-state index in [1.165, 1.54) is 0 Å². The van der Waals surface area contributed by atoms with Crippen LogP contribution < -0.4 is 0 Å². The lowest BCUT2D eigenvalue weighted by Crippen LogP contribution is -2.09. The molecule has 118 valence electrons. The maximum Gasteiger partial charge on any atom is 0.209 e. The van der Waals surface area contributed by atoms with Crippen LogP contribution in [0.15, 0.2) is 79.0 Å². The SMILES string of the molecule is N#Cc1ccc(C(=O)c2cc3ccccc3n2-c2ccccn2)cc1. The van der Waals surface area contributed by atoms with Gasteiger partial charge in [-0.2, -0.15) is 5.26 Å². The van der Waals surface area contributed by atoms with Crippen LogP contribution >= 0.6 is 0 Å². The van der Waals surface area contributed by atoms with Crippen molar-refractivity contribution in [2.45, 2.75) is 0 Å². The average Bonchev–Trinajstić information content (AvgIpc) is 3.07. The van der Waals surface area contributed by atoms with Gasteiger partial charge in [0.1, 0.15) is 5.82 Å². The number of pyridine rings is 1. The molecule has 0 N–H and O–H groups in total. The summed E-state index contributed by atoms with van der Waals surface area (Å²) in [5.41, 5.74) is 2.55. The molecule has 0 bridgehead atoms. The maximum absolute atomic E-state index is 13.1. The number of fused-ring (bicyclic) bond motifs is 1. The summed E-state index contributed by atoms with van der Waals surface area (Å²) in [4.78, 5) is 17.5. The normalized spacial score (nSPS) is 10.5. The van der Waals surface area contributed by atoms with E-state index in [4.69, 9.17) is 5.26 Å². The molecule has 4 aromatic rings. The van der Waals surface area contributed by atoms with E-state index in [0.717, 1.165) is 10.9 Å². The van der Waals surface area contributed by atoms with Gasteiger partial charge in [0.05, 0.1) is 22.8 Å². The fourth-order valence-electron chi connectivity index (χ4n) is 2.90. The van der Waals surface area contributed by atoms with Gasteiger partial charge in [-0.3, -0.25) is 9.36 Å². The first-order valence-corrected chi connectivity index (χ1v) is 7.85. The summed E-state index contributed by atoms with van der Waals surface area (Å²) < 4.78 is 1.87. The van der Waals surface area contributed by atoms with Gasteiger partial charge in [-0.25, -0.2) is 4.98 Å². The lowest BCUT2D eigenvalue weighted by Gasteiger charge is -2.09. The summed E-state index contributed by atoms with van der Waals surface area (Å²) in [5, 5.41) is 9.90. The van der Waals surface area contributed by atoms with E-state index in [9.17, 15) is 4.79 Å². The van der Waals surface area contributed by atoms with E-state index in [1.807, 2.05) is 53.1 Å². The van der Waals surface area contributed by atoms with Crippen molar-refractivity contribution >= 4 is 16.7 Å².